The summed E-state index contributed by atoms with van der Waals surface area (Å²) < 4.78 is 0. The van der Waals surface area contributed by atoms with E-state index in [0.717, 1.165) is 0 Å². The number of aromatic hydroxyl groups is 2. The number of hydrogen-bond donors (Lipinski definition) is 4. The van der Waals surface area contributed by atoms with Crippen LogP contribution >= 0.6 is 0 Å². The van der Waals surface area contributed by atoms with Crippen molar-refractivity contribution in [2.45, 2.75) is 11.3 Å². The summed E-state index contributed by atoms with van der Waals surface area (Å²) in [5.41, 5.74) is 4.81. The lowest BCUT2D eigenvalue weighted by atomic mass is 9.58. The predicted octanol–water partition coefficient (Wildman–Crippen LogP) is -1.86. The molecule has 0 aromatic heterocycles. The van der Waals surface area contributed by atoms with Gasteiger partial charge in [0.15, 0.2) is 11.5 Å². The van der Waals surface area contributed by atoms with Gasteiger partial charge in [-0.05, 0) is 23.5 Å². The lowest BCUT2D eigenvalue weighted by molar-refractivity contribution is -0.140. The largest absolute Gasteiger partial charge is 0.504 e. The molecule has 5 nitrogen and oxygen atoms in total. The zero-order valence-corrected chi connectivity index (χ0v) is 9.14. The van der Waals surface area contributed by atoms with Crippen molar-refractivity contribution in [2.24, 2.45) is 5.73 Å². The van der Waals surface area contributed by atoms with Gasteiger partial charge in [0.1, 0.15) is 15.7 Å². The van der Waals surface area contributed by atoms with Crippen molar-refractivity contribution in [2.75, 3.05) is 0 Å². The third-order valence-corrected chi connectivity index (χ3v) is 2.86. The zero-order chi connectivity index (χ0) is 12.5. The molecule has 2 atom stereocenters. The molecule has 0 aliphatic heterocycles. The molecule has 0 heterocycles. The quantitative estimate of drug-likeness (QED) is 0.354. The van der Waals surface area contributed by atoms with Crippen LogP contribution in [-0.2, 0) is 4.79 Å². The van der Waals surface area contributed by atoms with Gasteiger partial charge in [-0.2, -0.15) is 0 Å². The van der Waals surface area contributed by atoms with Crippen LogP contribution in [-0.4, -0.2) is 42.4 Å². The molecule has 0 saturated carbocycles. The van der Waals surface area contributed by atoms with Crippen LogP contribution in [0.1, 0.15) is 11.4 Å². The molecule has 1 aromatic rings. The first kappa shape index (κ1) is 12.4. The van der Waals surface area contributed by atoms with Crippen LogP contribution in [0.5, 0.6) is 11.5 Å². The first-order valence-corrected chi connectivity index (χ1v) is 4.81. The monoisotopic (exact) mass is 221 g/mol. The fourth-order valence-corrected chi connectivity index (χ4v) is 1.34. The first-order chi connectivity index (χ1) is 7.26. The molecule has 0 aliphatic carbocycles. The van der Waals surface area contributed by atoms with Crippen LogP contribution in [0.3, 0.4) is 0 Å². The van der Waals surface area contributed by atoms with Gasteiger partial charge in [0.2, 0.25) is 0 Å². The van der Waals surface area contributed by atoms with Gasteiger partial charge in [-0.15, -0.1) is 0 Å². The van der Waals surface area contributed by atoms with Gasteiger partial charge in [-0.1, -0.05) is 6.07 Å². The molecule has 0 bridgehead atoms. The molecule has 0 radical (unpaired) electrons. The average Bonchev–Trinajstić information content (AvgIpc) is 2.20. The third-order valence-electron chi connectivity index (χ3n) is 2.86. The van der Waals surface area contributed by atoms with E-state index in [1.54, 1.807) is 7.85 Å². The van der Waals surface area contributed by atoms with Crippen LogP contribution in [0, 0.1) is 0 Å². The van der Waals surface area contributed by atoms with Gasteiger partial charge < -0.3 is 21.1 Å². The van der Waals surface area contributed by atoms with Gasteiger partial charge in [-0.3, -0.25) is 4.79 Å². The Morgan fingerprint density at radius 3 is 2.38 bits per heavy atom. The van der Waals surface area contributed by atoms with Gasteiger partial charge in [-0.25, -0.2) is 0 Å². The Morgan fingerprint density at radius 1 is 1.38 bits per heavy atom. The van der Waals surface area contributed by atoms with E-state index >= 15 is 0 Å². The van der Waals surface area contributed by atoms with E-state index in [0.29, 0.717) is 5.56 Å². The first-order valence-electron chi connectivity index (χ1n) is 4.81. The van der Waals surface area contributed by atoms with Gasteiger partial charge in [0.25, 0.3) is 0 Å². The second-order valence-corrected chi connectivity index (χ2v) is 4.06. The number of carboxylic acid groups (broad SMARTS) is 1. The lowest BCUT2D eigenvalue weighted by Crippen LogP contribution is -2.53. The van der Waals surface area contributed by atoms with Crippen molar-refractivity contribution in [1.82, 2.24) is 0 Å². The maximum atomic E-state index is 11.0. The topological polar surface area (TPSA) is 104 Å². The molecule has 0 spiro atoms. The van der Waals surface area contributed by atoms with E-state index in [1.807, 2.05) is 0 Å². The average molecular weight is 221 g/mol. The highest BCUT2D eigenvalue weighted by molar-refractivity contribution is 6.33. The van der Waals surface area contributed by atoms with Crippen molar-refractivity contribution >= 4 is 21.7 Å². The smallest absolute Gasteiger partial charge is 0.314 e. The molecule has 5 N–H and O–H groups in total. The maximum absolute atomic E-state index is 11.0. The molecule has 1 rings (SSSR count). The Morgan fingerprint density at radius 2 is 1.94 bits per heavy atom. The summed E-state index contributed by atoms with van der Waals surface area (Å²) in [7, 11) is 3.06. The molecule has 16 heavy (non-hydrogen) atoms. The molecule has 0 saturated heterocycles. The van der Waals surface area contributed by atoms with E-state index in [4.69, 9.17) is 15.9 Å². The van der Waals surface area contributed by atoms with Gasteiger partial charge in [0, 0.05) is 0 Å². The van der Waals surface area contributed by atoms with E-state index < -0.39 is 17.2 Å². The Hall–Kier alpha value is -1.62. The maximum Gasteiger partial charge on any atom is 0.314 e. The standard InChI is InChI=1S/C9H13B2NO4/c10-7(9(11,12)8(15)16)4-1-2-5(13)6(14)3-4/h1-3,7,13-14H,10-12H2,(H,15,16)/t7-,9?/m1/s1. The number of hydrogen-bond acceptors (Lipinski definition) is 4. The van der Waals surface area contributed by atoms with Gasteiger partial charge in [0.05, 0.1) is 5.44 Å². The normalized spacial score (nSPS) is 16.3. The van der Waals surface area contributed by atoms with Crippen LogP contribution in [0.2, 0.25) is 0 Å². The summed E-state index contributed by atoms with van der Waals surface area (Å²) in [6, 6.07) is 4.15. The summed E-state index contributed by atoms with van der Waals surface area (Å²) >= 11 is 0. The highest BCUT2D eigenvalue weighted by Gasteiger charge is 2.35. The van der Waals surface area contributed by atoms with E-state index in [9.17, 15) is 9.90 Å². The van der Waals surface area contributed by atoms with Gasteiger partial charge >= 0.3 is 5.97 Å². The fraction of sp³-hybridized carbons (Fsp3) is 0.222. The number of carboxylic acids is 1. The SMILES string of the molecule is B[C@H](c1ccc(O)c(O)c1)C(B)(N)C(=O)O. The molecule has 0 amide bonds. The zero-order valence-electron chi connectivity index (χ0n) is 9.14. The molecule has 0 fully saturated rings. The van der Waals surface area contributed by atoms with E-state index in [-0.39, 0.29) is 11.5 Å². The number of carbonyl (C=O) groups is 1. The molecule has 84 valence electrons. The number of nitrogens with two attached hydrogens (primary N) is 1. The van der Waals surface area contributed by atoms with Crippen LogP contribution in [0.4, 0.5) is 0 Å². The Bertz CT molecular complexity index is 422. The van der Waals surface area contributed by atoms with E-state index in [2.05, 4.69) is 0 Å². The Balaban J connectivity index is 3.10. The Labute approximate surface area is 94.7 Å². The summed E-state index contributed by atoms with van der Waals surface area (Å²) in [6.45, 7) is 0. The number of phenolic OH excluding ortho intramolecular Hbond substituents is 2. The molecule has 7 heteroatoms. The number of aliphatic carboxylic acids is 1. The minimum atomic E-state index is -1.43. The van der Waals surface area contributed by atoms with Crippen LogP contribution in [0.15, 0.2) is 18.2 Å². The second-order valence-electron chi connectivity index (χ2n) is 4.06. The lowest BCUT2D eigenvalue weighted by Gasteiger charge is -2.27. The van der Waals surface area contributed by atoms with Crippen molar-refractivity contribution in [3.05, 3.63) is 23.8 Å². The van der Waals surface area contributed by atoms with Crippen molar-refractivity contribution in [1.29, 1.82) is 0 Å². The summed E-state index contributed by atoms with van der Waals surface area (Å²) in [6.07, 6.45) is 0. The molecule has 1 unspecified atom stereocenters. The van der Waals surface area contributed by atoms with Crippen LogP contribution < -0.4 is 5.73 Å². The van der Waals surface area contributed by atoms with E-state index in [1.165, 1.54) is 26.0 Å². The molecular formula is C9H13B2NO4. The number of benzene rings is 1. The molecule has 1 aromatic carbocycles. The minimum Gasteiger partial charge on any atom is -0.504 e. The third kappa shape index (κ3) is 2.14. The van der Waals surface area contributed by atoms with Crippen molar-refractivity contribution < 1.29 is 20.1 Å². The Kier molecular flexibility index (Phi) is 3.19. The van der Waals surface area contributed by atoms with Crippen molar-refractivity contribution in [3.63, 3.8) is 0 Å². The van der Waals surface area contributed by atoms with Crippen molar-refractivity contribution in [3.8, 4) is 11.5 Å². The minimum absolute atomic E-state index is 0.245. The second kappa shape index (κ2) is 4.09. The molecular weight excluding hydrogens is 208 g/mol. The fourth-order valence-electron chi connectivity index (χ4n) is 1.34. The van der Waals surface area contributed by atoms with Crippen LogP contribution in [0.25, 0.3) is 0 Å². The number of rotatable bonds is 3. The summed E-state index contributed by atoms with van der Waals surface area (Å²) in [5.74, 6) is -2.14. The highest BCUT2D eigenvalue weighted by atomic mass is 16.4. The molecule has 0 aliphatic rings. The highest BCUT2D eigenvalue weighted by Crippen LogP contribution is 2.30. The number of phenols is 2. The predicted molar refractivity (Wildman–Crippen MR) is 64.2 cm³/mol. The summed E-state index contributed by atoms with van der Waals surface area (Å²) in [5, 5.41) is 27.4. The summed E-state index contributed by atoms with van der Waals surface area (Å²) in [4.78, 5) is 11.0.